The Balaban J connectivity index is 2.63. The molecule has 0 radical (unpaired) electrons. The zero-order valence-electron chi connectivity index (χ0n) is 10.1. The summed E-state index contributed by atoms with van der Waals surface area (Å²) < 4.78 is 62.6. The molecule has 1 N–H and O–H groups in total. The van der Waals surface area contributed by atoms with Crippen LogP contribution in [0.2, 0.25) is 0 Å². The molecule has 0 bridgehead atoms. The standard InChI is InChI=1S/C12H13F3O3S/c1-7(16)5-8-6-19(17,18)10-4-2-3-9(11(8)10)12(13,14)15/h2-4,7-8,16H,5-6H2,1H3. The van der Waals surface area contributed by atoms with Crippen LogP contribution in [-0.4, -0.2) is 25.4 Å². The van der Waals surface area contributed by atoms with Gasteiger partial charge < -0.3 is 5.11 Å². The molecule has 19 heavy (non-hydrogen) atoms. The van der Waals surface area contributed by atoms with Crippen molar-refractivity contribution in [3.63, 3.8) is 0 Å². The van der Waals surface area contributed by atoms with Crippen LogP contribution >= 0.6 is 0 Å². The number of benzene rings is 1. The monoisotopic (exact) mass is 294 g/mol. The van der Waals surface area contributed by atoms with Crippen LogP contribution in [0.4, 0.5) is 13.2 Å². The first-order valence-electron chi connectivity index (χ1n) is 5.74. The van der Waals surface area contributed by atoms with Crippen LogP contribution < -0.4 is 0 Å². The minimum atomic E-state index is -4.60. The van der Waals surface area contributed by atoms with E-state index < -0.39 is 33.6 Å². The lowest BCUT2D eigenvalue weighted by Crippen LogP contribution is -2.15. The van der Waals surface area contributed by atoms with Crippen LogP contribution in [0, 0.1) is 0 Å². The number of hydrogen-bond acceptors (Lipinski definition) is 3. The van der Waals surface area contributed by atoms with Crippen molar-refractivity contribution in [1.29, 1.82) is 0 Å². The largest absolute Gasteiger partial charge is 0.416 e. The van der Waals surface area contributed by atoms with Gasteiger partial charge in [0, 0.05) is 5.92 Å². The van der Waals surface area contributed by atoms with Gasteiger partial charge in [0.2, 0.25) is 0 Å². The van der Waals surface area contributed by atoms with E-state index in [0.29, 0.717) is 0 Å². The fourth-order valence-corrected chi connectivity index (χ4v) is 4.43. The molecule has 7 heteroatoms. The molecule has 1 aliphatic rings. The summed E-state index contributed by atoms with van der Waals surface area (Å²) >= 11 is 0. The highest BCUT2D eigenvalue weighted by Gasteiger charge is 2.43. The maximum absolute atomic E-state index is 12.9. The highest BCUT2D eigenvalue weighted by atomic mass is 32.2. The van der Waals surface area contributed by atoms with Gasteiger partial charge in [0.1, 0.15) is 0 Å². The topological polar surface area (TPSA) is 54.4 Å². The van der Waals surface area contributed by atoms with Gasteiger partial charge in [-0.2, -0.15) is 13.2 Å². The highest BCUT2D eigenvalue weighted by Crippen LogP contribution is 2.44. The molecule has 2 rings (SSSR count). The predicted octanol–water partition coefficient (Wildman–Crippen LogP) is 2.35. The Morgan fingerprint density at radius 1 is 1.42 bits per heavy atom. The van der Waals surface area contributed by atoms with Crippen LogP contribution in [0.3, 0.4) is 0 Å². The van der Waals surface area contributed by atoms with Gasteiger partial charge in [-0.1, -0.05) is 6.07 Å². The number of sulfone groups is 1. The van der Waals surface area contributed by atoms with Crippen molar-refractivity contribution in [3.05, 3.63) is 29.3 Å². The van der Waals surface area contributed by atoms with Gasteiger partial charge in [0.25, 0.3) is 0 Å². The summed E-state index contributed by atoms with van der Waals surface area (Å²) in [5, 5.41) is 9.33. The van der Waals surface area contributed by atoms with Crippen LogP contribution in [0.25, 0.3) is 0 Å². The molecule has 0 amide bonds. The summed E-state index contributed by atoms with van der Waals surface area (Å²) in [5.41, 5.74) is -1.12. The van der Waals surface area contributed by atoms with E-state index in [1.807, 2.05) is 0 Å². The average molecular weight is 294 g/mol. The average Bonchev–Trinajstić information content (AvgIpc) is 2.48. The molecular weight excluding hydrogens is 281 g/mol. The van der Waals surface area contributed by atoms with Crippen LogP contribution in [-0.2, 0) is 16.0 Å². The summed E-state index contributed by atoms with van der Waals surface area (Å²) in [6, 6.07) is 3.18. The number of fused-ring (bicyclic) bond motifs is 1. The lowest BCUT2D eigenvalue weighted by atomic mass is 9.91. The normalized spacial score (nSPS) is 23.1. The van der Waals surface area contributed by atoms with E-state index in [9.17, 15) is 26.7 Å². The van der Waals surface area contributed by atoms with Crippen molar-refractivity contribution < 1.29 is 26.7 Å². The van der Waals surface area contributed by atoms with Crippen molar-refractivity contribution in [1.82, 2.24) is 0 Å². The third kappa shape index (κ3) is 2.62. The molecule has 2 unspecified atom stereocenters. The SMILES string of the molecule is CC(O)CC1CS(=O)(=O)c2cccc(C(F)(F)F)c21. The highest BCUT2D eigenvalue weighted by molar-refractivity contribution is 7.91. The van der Waals surface area contributed by atoms with Crippen molar-refractivity contribution in [2.24, 2.45) is 0 Å². The van der Waals surface area contributed by atoms with E-state index in [4.69, 9.17) is 0 Å². The maximum Gasteiger partial charge on any atom is 0.416 e. The predicted molar refractivity (Wildman–Crippen MR) is 62.5 cm³/mol. The Morgan fingerprint density at radius 2 is 2.05 bits per heavy atom. The van der Waals surface area contributed by atoms with Gasteiger partial charge in [-0.05, 0) is 31.0 Å². The van der Waals surface area contributed by atoms with Crippen molar-refractivity contribution in [3.8, 4) is 0 Å². The van der Waals surface area contributed by atoms with Crippen molar-refractivity contribution in [2.45, 2.75) is 36.4 Å². The van der Waals surface area contributed by atoms with E-state index in [0.717, 1.165) is 12.1 Å². The molecule has 3 nitrogen and oxygen atoms in total. The van der Waals surface area contributed by atoms with Gasteiger partial charge in [-0.3, -0.25) is 0 Å². The van der Waals surface area contributed by atoms with E-state index in [1.54, 1.807) is 0 Å². The molecule has 0 aromatic heterocycles. The zero-order valence-corrected chi connectivity index (χ0v) is 10.9. The Kier molecular flexibility index (Phi) is 3.38. The first-order chi connectivity index (χ1) is 8.63. The number of aliphatic hydroxyl groups excluding tert-OH is 1. The molecule has 1 heterocycles. The molecular formula is C12H13F3O3S. The Labute approximate surface area is 109 Å². The van der Waals surface area contributed by atoms with Crippen LogP contribution in [0.5, 0.6) is 0 Å². The first-order valence-corrected chi connectivity index (χ1v) is 7.39. The second-order valence-electron chi connectivity index (χ2n) is 4.78. The second kappa shape index (κ2) is 4.49. The van der Waals surface area contributed by atoms with E-state index >= 15 is 0 Å². The molecule has 1 aromatic rings. The molecule has 106 valence electrons. The van der Waals surface area contributed by atoms with E-state index in [2.05, 4.69) is 0 Å². The lowest BCUT2D eigenvalue weighted by molar-refractivity contribution is -0.138. The third-order valence-electron chi connectivity index (χ3n) is 3.16. The number of halogens is 3. The Morgan fingerprint density at radius 3 is 2.58 bits per heavy atom. The summed E-state index contributed by atoms with van der Waals surface area (Å²) in [7, 11) is -3.69. The van der Waals surface area contributed by atoms with Crippen LogP contribution in [0.1, 0.15) is 30.4 Å². The molecule has 0 spiro atoms. The van der Waals surface area contributed by atoms with Crippen molar-refractivity contribution in [2.75, 3.05) is 5.75 Å². The summed E-state index contributed by atoms with van der Waals surface area (Å²) in [6.07, 6.45) is -5.45. The third-order valence-corrected chi connectivity index (χ3v) is 5.03. The van der Waals surface area contributed by atoms with Gasteiger partial charge in [0.05, 0.1) is 22.3 Å². The summed E-state index contributed by atoms with van der Waals surface area (Å²) in [6.45, 7) is 1.43. The minimum absolute atomic E-state index is 0.000671. The van der Waals surface area contributed by atoms with Crippen molar-refractivity contribution >= 4 is 9.84 Å². The lowest BCUT2D eigenvalue weighted by Gasteiger charge is -2.17. The molecule has 0 aliphatic carbocycles. The van der Waals surface area contributed by atoms with Gasteiger partial charge in [0.15, 0.2) is 9.84 Å². The number of rotatable bonds is 2. The van der Waals surface area contributed by atoms with Gasteiger partial charge >= 0.3 is 6.18 Å². The fourth-order valence-electron chi connectivity index (χ4n) is 2.52. The molecule has 0 saturated carbocycles. The first kappa shape index (κ1) is 14.3. The number of alkyl halides is 3. The summed E-state index contributed by atoms with van der Waals surface area (Å²) in [5.74, 6) is -1.18. The Hall–Kier alpha value is -1.08. The quantitative estimate of drug-likeness (QED) is 0.911. The van der Waals surface area contributed by atoms with E-state index in [-0.39, 0.29) is 22.6 Å². The van der Waals surface area contributed by atoms with Crippen LogP contribution in [0.15, 0.2) is 23.1 Å². The molecule has 2 atom stereocenters. The zero-order chi connectivity index (χ0) is 14.4. The maximum atomic E-state index is 12.9. The smallest absolute Gasteiger partial charge is 0.393 e. The second-order valence-corrected chi connectivity index (χ2v) is 6.78. The molecule has 0 saturated heterocycles. The van der Waals surface area contributed by atoms with Gasteiger partial charge in [-0.25, -0.2) is 8.42 Å². The molecule has 0 fully saturated rings. The molecule has 1 aromatic carbocycles. The fraction of sp³-hybridized carbons (Fsp3) is 0.500. The summed E-state index contributed by atoms with van der Waals surface area (Å²) in [4.78, 5) is -0.257. The van der Waals surface area contributed by atoms with E-state index in [1.165, 1.54) is 13.0 Å². The number of hydrogen-bond donors (Lipinski definition) is 1. The minimum Gasteiger partial charge on any atom is -0.393 e. The van der Waals surface area contributed by atoms with Gasteiger partial charge in [-0.15, -0.1) is 0 Å². The molecule has 1 aliphatic heterocycles. The number of aliphatic hydroxyl groups is 1. The Bertz CT molecular complexity index is 591.